The number of nitrogens with two attached hydrogens (primary N) is 1. The van der Waals surface area contributed by atoms with E-state index in [4.69, 9.17) is 10.4 Å². The fourth-order valence-corrected chi connectivity index (χ4v) is 2.22. The van der Waals surface area contributed by atoms with Gasteiger partial charge in [-0.05, 0) is 47.8 Å². The van der Waals surface area contributed by atoms with Gasteiger partial charge in [0.1, 0.15) is 0 Å². The van der Waals surface area contributed by atoms with Gasteiger partial charge in [0.15, 0.2) is 11.0 Å². The minimum Gasteiger partial charge on any atom is -0.397 e. The molecule has 0 saturated heterocycles. The summed E-state index contributed by atoms with van der Waals surface area (Å²) >= 11 is 1.84. The van der Waals surface area contributed by atoms with E-state index in [2.05, 4.69) is 28.8 Å². The number of thioether (sulfide) groups is 1. The molecule has 0 aliphatic heterocycles. The topological polar surface area (TPSA) is 77.0 Å². The Labute approximate surface area is 104 Å². The second-order valence-corrected chi connectivity index (χ2v) is 4.98. The van der Waals surface area contributed by atoms with Gasteiger partial charge in [0, 0.05) is 6.04 Å². The monoisotopic (exact) mass is 252 g/mol. The Morgan fingerprint density at radius 3 is 2.94 bits per heavy atom. The van der Waals surface area contributed by atoms with Crippen LogP contribution >= 0.6 is 11.8 Å². The van der Waals surface area contributed by atoms with Crippen molar-refractivity contribution in [2.45, 2.75) is 19.4 Å². The van der Waals surface area contributed by atoms with Gasteiger partial charge < -0.3 is 11.1 Å². The average Bonchev–Trinajstić information content (AvgIpc) is 2.80. The summed E-state index contributed by atoms with van der Waals surface area (Å²) in [5.74, 6) is 1.13. The molecule has 0 radical (unpaired) electrons. The fraction of sp³-hybridized carbons (Fsp3) is 0.455. The maximum atomic E-state index is 5.79. The first-order valence-corrected chi connectivity index (χ1v) is 6.88. The zero-order chi connectivity index (χ0) is 12.3. The maximum absolute atomic E-state index is 5.79. The molecule has 0 bridgehead atoms. The molecule has 1 aromatic heterocycles. The van der Waals surface area contributed by atoms with Crippen LogP contribution in [-0.4, -0.2) is 28.4 Å². The van der Waals surface area contributed by atoms with Gasteiger partial charge in [-0.1, -0.05) is 0 Å². The van der Waals surface area contributed by atoms with Crippen LogP contribution in [0.2, 0.25) is 0 Å². The van der Waals surface area contributed by atoms with Gasteiger partial charge in [-0.2, -0.15) is 11.8 Å². The number of nitrogen functional groups attached to an aromatic ring is 1. The molecule has 1 heterocycles. The molecule has 1 atom stereocenters. The second-order valence-electron chi connectivity index (χ2n) is 3.99. The van der Waals surface area contributed by atoms with Crippen LogP contribution in [0, 0.1) is 0 Å². The standard InChI is InChI=1S/C11H16N4OS/c1-7(5-6-17-2)13-9-4-3-8(12)10-11(9)15-16-14-10/h3-4,7,13H,5-6,12H2,1-2H3. The molecule has 0 saturated carbocycles. The van der Waals surface area contributed by atoms with Crippen LogP contribution in [0.25, 0.3) is 11.0 Å². The highest BCUT2D eigenvalue weighted by molar-refractivity contribution is 7.98. The predicted molar refractivity (Wildman–Crippen MR) is 72.3 cm³/mol. The minimum absolute atomic E-state index is 0.381. The molecule has 5 nitrogen and oxygen atoms in total. The number of fused-ring (bicyclic) bond motifs is 1. The van der Waals surface area contributed by atoms with Gasteiger partial charge in [0.2, 0.25) is 0 Å². The lowest BCUT2D eigenvalue weighted by atomic mass is 10.2. The molecule has 0 spiro atoms. The van der Waals surface area contributed by atoms with Crippen molar-refractivity contribution in [3.05, 3.63) is 12.1 Å². The largest absolute Gasteiger partial charge is 0.397 e. The third kappa shape index (κ3) is 2.63. The van der Waals surface area contributed by atoms with E-state index in [1.807, 2.05) is 23.9 Å². The van der Waals surface area contributed by atoms with E-state index in [1.54, 1.807) is 0 Å². The van der Waals surface area contributed by atoms with Crippen molar-refractivity contribution < 1.29 is 4.63 Å². The molecule has 0 aliphatic rings. The molecular weight excluding hydrogens is 236 g/mol. The SMILES string of the molecule is CSCCC(C)Nc1ccc(N)c2nonc12. The number of hydrogen-bond donors (Lipinski definition) is 2. The summed E-state index contributed by atoms with van der Waals surface area (Å²) in [6.45, 7) is 2.14. The quantitative estimate of drug-likeness (QED) is 0.795. The van der Waals surface area contributed by atoms with Crippen molar-refractivity contribution >= 4 is 34.2 Å². The van der Waals surface area contributed by atoms with E-state index in [9.17, 15) is 0 Å². The van der Waals surface area contributed by atoms with Gasteiger partial charge in [-0.25, -0.2) is 4.63 Å². The van der Waals surface area contributed by atoms with Crippen molar-refractivity contribution in [1.82, 2.24) is 10.3 Å². The van der Waals surface area contributed by atoms with Crippen LogP contribution in [0.4, 0.5) is 11.4 Å². The summed E-state index contributed by atoms with van der Waals surface area (Å²) < 4.78 is 4.73. The summed E-state index contributed by atoms with van der Waals surface area (Å²) in [6, 6.07) is 4.11. The molecule has 2 rings (SSSR count). The first-order chi connectivity index (χ1) is 8.22. The summed E-state index contributed by atoms with van der Waals surface area (Å²) in [7, 11) is 0. The Hall–Kier alpha value is -1.43. The number of nitrogens with one attached hydrogen (secondary N) is 1. The van der Waals surface area contributed by atoms with Crippen LogP contribution in [-0.2, 0) is 0 Å². The molecule has 1 aromatic carbocycles. The third-order valence-electron chi connectivity index (χ3n) is 2.60. The maximum Gasteiger partial charge on any atom is 0.160 e. The number of nitrogens with zero attached hydrogens (tertiary/aromatic N) is 2. The van der Waals surface area contributed by atoms with Crippen LogP contribution in [0.5, 0.6) is 0 Å². The third-order valence-corrected chi connectivity index (χ3v) is 3.25. The predicted octanol–water partition coefficient (Wildman–Crippen LogP) is 2.36. The summed E-state index contributed by atoms with van der Waals surface area (Å²) in [6.07, 6.45) is 3.20. The van der Waals surface area contributed by atoms with Crippen molar-refractivity contribution in [2.24, 2.45) is 0 Å². The molecule has 0 amide bonds. The molecule has 2 aromatic rings. The molecular formula is C11H16N4OS. The Morgan fingerprint density at radius 1 is 1.41 bits per heavy atom. The number of benzene rings is 1. The Morgan fingerprint density at radius 2 is 2.18 bits per heavy atom. The van der Waals surface area contributed by atoms with Crippen molar-refractivity contribution in [2.75, 3.05) is 23.1 Å². The van der Waals surface area contributed by atoms with E-state index >= 15 is 0 Å². The summed E-state index contributed by atoms with van der Waals surface area (Å²) in [4.78, 5) is 0. The zero-order valence-corrected chi connectivity index (χ0v) is 10.8. The Balaban J connectivity index is 2.18. The molecule has 1 unspecified atom stereocenters. The van der Waals surface area contributed by atoms with Gasteiger partial charge in [-0.15, -0.1) is 0 Å². The normalized spacial score (nSPS) is 12.8. The molecule has 6 heteroatoms. The molecule has 0 aliphatic carbocycles. The first-order valence-electron chi connectivity index (χ1n) is 5.48. The van der Waals surface area contributed by atoms with Gasteiger partial charge in [0.05, 0.1) is 11.4 Å². The number of rotatable bonds is 5. The van der Waals surface area contributed by atoms with Gasteiger partial charge in [0.25, 0.3) is 0 Å². The van der Waals surface area contributed by atoms with Crippen molar-refractivity contribution in [3.8, 4) is 0 Å². The zero-order valence-electron chi connectivity index (χ0n) is 9.93. The molecule has 0 fully saturated rings. The van der Waals surface area contributed by atoms with Gasteiger partial charge >= 0.3 is 0 Å². The summed E-state index contributed by atoms with van der Waals surface area (Å²) in [5, 5.41) is 11.1. The van der Waals surface area contributed by atoms with E-state index < -0.39 is 0 Å². The minimum atomic E-state index is 0.381. The highest BCUT2D eigenvalue weighted by Crippen LogP contribution is 2.25. The lowest BCUT2D eigenvalue weighted by molar-refractivity contribution is 0.315. The van der Waals surface area contributed by atoms with Crippen LogP contribution in [0.15, 0.2) is 16.8 Å². The van der Waals surface area contributed by atoms with E-state index in [-0.39, 0.29) is 0 Å². The Kier molecular flexibility index (Phi) is 3.73. The number of anilines is 2. The molecule has 92 valence electrons. The van der Waals surface area contributed by atoms with E-state index in [0.717, 1.165) is 17.9 Å². The lowest BCUT2D eigenvalue weighted by Gasteiger charge is -2.14. The van der Waals surface area contributed by atoms with Crippen molar-refractivity contribution in [3.63, 3.8) is 0 Å². The Bertz CT molecular complexity index is 499. The molecule has 17 heavy (non-hydrogen) atoms. The lowest BCUT2D eigenvalue weighted by Crippen LogP contribution is -2.16. The summed E-state index contributed by atoms with van der Waals surface area (Å²) in [5.41, 5.74) is 8.61. The van der Waals surface area contributed by atoms with E-state index in [0.29, 0.717) is 22.8 Å². The fourth-order valence-electron chi connectivity index (χ4n) is 1.63. The number of aromatic nitrogens is 2. The average molecular weight is 252 g/mol. The smallest absolute Gasteiger partial charge is 0.160 e. The first kappa shape index (κ1) is 12.0. The highest BCUT2D eigenvalue weighted by Gasteiger charge is 2.11. The second kappa shape index (κ2) is 5.27. The van der Waals surface area contributed by atoms with E-state index in [1.165, 1.54) is 0 Å². The highest BCUT2D eigenvalue weighted by atomic mass is 32.2. The van der Waals surface area contributed by atoms with Crippen LogP contribution in [0.1, 0.15) is 13.3 Å². The van der Waals surface area contributed by atoms with Gasteiger partial charge in [-0.3, -0.25) is 0 Å². The van der Waals surface area contributed by atoms with Crippen LogP contribution in [0.3, 0.4) is 0 Å². The van der Waals surface area contributed by atoms with Crippen molar-refractivity contribution in [1.29, 1.82) is 0 Å². The molecule has 3 N–H and O–H groups in total. The number of hydrogen-bond acceptors (Lipinski definition) is 6. The van der Waals surface area contributed by atoms with Crippen LogP contribution < -0.4 is 11.1 Å².